The van der Waals surface area contributed by atoms with E-state index in [1.165, 1.54) is 12.1 Å². The summed E-state index contributed by atoms with van der Waals surface area (Å²) in [6, 6.07) is 22.3. The molecule has 0 fully saturated rings. The highest BCUT2D eigenvalue weighted by atomic mass is 19.1. The molecule has 5 rings (SSSR count). The number of aryl methyl sites for hydroxylation is 1. The molecule has 1 unspecified atom stereocenters. The molecule has 0 bridgehead atoms. The van der Waals surface area contributed by atoms with Gasteiger partial charge in [0.2, 0.25) is 0 Å². The van der Waals surface area contributed by atoms with Gasteiger partial charge in [-0.2, -0.15) is 0 Å². The van der Waals surface area contributed by atoms with Crippen LogP contribution in [0.1, 0.15) is 29.7 Å². The fourth-order valence-corrected chi connectivity index (χ4v) is 4.20. The largest absolute Gasteiger partial charge is 0.330 e. The topological polar surface area (TPSA) is 39.8 Å². The third-order valence-corrected chi connectivity index (χ3v) is 5.89. The fraction of sp³-hybridized carbons (Fsp3) is 0.154. The van der Waals surface area contributed by atoms with Crippen LogP contribution in [0.3, 0.4) is 0 Å². The summed E-state index contributed by atoms with van der Waals surface area (Å²) in [5, 5.41) is 0.953. The van der Waals surface area contributed by atoms with Crippen molar-refractivity contribution in [1.29, 1.82) is 0 Å². The van der Waals surface area contributed by atoms with Gasteiger partial charge in [0, 0.05) is 11.9 Å². The number of rotatable bonds is 4. The molecule has 3 aromatic carbocycles. The summed E-state index contributed by atoms with van der Waals surface area (Å²) in [6.07, 6.45) is 1.65. The number of nitrogens with zero attached hydrogens (tertiary/aromatic N) is 3. The van der Waals surface area contributed by atoms with E-state index < -0.39 is 0 Å². The Balaban J connectivity index is 1.76. The lowest BCUT2D eigenvalue weighted by Crippen LogP contribution is -2.26. The minimum absolute atomic E-state index is 0.0858. The van der Waals surface area contributed by atoms with Crippen molar-refractivity contribution in [2.45, 2.75) is 26.4 Å². The summed E-state index contributed by atoms with van der Waals surface area (Å²) in [7, 11) is 0. The zero-order chi connectivity index (χ0) is 21.5. The summed E-state index contributed by atoms with van der Waals surface area (Å²) in [5.74, 6) is -0.276. The third kappa shape index (κ3) is 3.32. The maximum atomic E-state index is 13.7. The summed E-state index contributed by atoms with van der Waals surface area (Å²) in [5.41, 5.74) is 5.20. The fourth-order valence-electron chi connectivity index (χ4n) is 4.20. The predicted octanol–water partition coefficient (Wildman–Crippen LogP) is 5.46. The van der Waals surface area contributed by atoms with Gasteiger partial charge in [0.25, 0.3) is 5.56 Å². The number of aromatic nitrogens is 3. The van der Waals surface area contributed by atoms with Gasteiger partial charge in [-0.15, -0.1) is 0 Å². The van der Waals surface area contributed by atoms with Gasteiger partial charge in [-0.25, -0.2) is 9.37 Å². The van der Waals surface area contributed by atoms with Gasteiger partial charge in [-0.3, -0.25) is 9.36 Å². The van der Waals surface area contributed by atoms with Gasteiger partial charge in [0.15, 0.2) is 0 Å². The van der Waals surface area contributed by atoms with Crippen molar-refractivity contribution in [2.24, 2.45) is 0 Å². The zero-order valence-electron chi connectivity index (χ0n) is 17.4. The predicted molar refractivity (Wildman–Crippen MR) is 122 cm³/mol. The average Bonchev–Trinajstić information content (AvgIpc) is 3.09. The Morgan fingerprint density at radius 3 is 2.48 bits per heavy atom. The van der Waals surface area contributed by atoms with E-state index in [0.717, 1.165) is 27.6 Å². The van der Waals surface area contributed by atoms with E-state index >= 15 is 0 Å². The van der Waals surface area contributed by atoms with Gasteiger partial charge in [0.05, 0.1) is 17.9 Å². The lowest BCUT2D eigenvalue weighted by atomic mass is 10.1. The molecule has 0 radical (unpaired) electrons. The minimum atomic E-state index is -0.276. The maximum absolute atomic E-state index is 13.7. The van der Waals surface area contributed by atoms with E-state index in [2.05, 4.69) is 6.07 Å². The number of hydrogen-bond acceptors (Lipinski definition) is 2. The molecule has 4 nitrogen and oxygen atoms in total. The van der Waals surface area contributed by atoms with Crippen LogP contribution in [0.15, 0.2) is 83.9 Å². The zero-order valence-corrected chi connectivity index (χ0v) is 17.4. The van der Waals surface area contributed by atoms with Crippen molar-refractivity contribution in [3.63, 3.8) is 0 Å². The molecule has 2 heterocycles. The lowest BCUT2D eigenvalue weighted by Gasteiger charge is -2.16. The molecule has 154 valence electrons. The first-order valence-corrected chi connectivity index (χ1v) is 10.3. The molecule has 2 aromatic heterocycles. The number of halogens is 1. The molecule has 0 aliphatic carbocycles. The van der Waals surface area contributed by atoms with Crippen LogP contribution in [0, 0.1) is 12.7 Å². The quantitative estimate of drug-likeness (QED) is 0.394. The van der Waals surface area contributed by atoms with E-state index in [-0.39, 0.29) is 17.4 Å². The van der Waals surface area contributed by atoms with Crippen LogP contribution < -0.4 is 5.56 Å². The highest BCUT2D eigenvalue weighted by Gasteiger charge is 2.19. The van der Waals surface area contributed by atoms with E-state index in [1.807, 2.05) is 60.9 Å². The first-order chi connectivity index (χ1) is 15.0. The first-order valence-electron chi connectivity index (χ1n) is 10.3. The van der Waals surface area contributed by atoms with E-state index in [4.69, 9.17) is 4.98 Å². The van der Waals surface area contributed by atoms with Crippen molar-refractivity contribution in [2.75, 3.05) is 0 Å². The molecular weight excluding hydrogens is 389 g/mol. The number of fused-ring (bicyclic) bond motifs is 3. The van der Waals surface area contributed by atoms with Crippen LogP contribution in [0.5, 0.6) is 0 Å². The summed E-state index contributed by atoms with van der Waals surface area (Å²) >= 11 is 0. The Morgan fingerprint density at radius 1 is 1.00 bits per heavy atom. The van der Waals surface area contributed by atoms with Gasteiger partial charge in [-0.1, -0.05) is 54.1 Å². The van der Waals surface area contributed by atoms with Crippen LogP contribution in [0.4, 0.5) is 4.39 Å². The van der Waals surface area contributed by atoms with Gasteiger partial charge in [0.1, 0.15) is 16.9 Å². The highest BCUT2D eigenvalue weighted by molar-refractivity contribution is 6.05. The van der Waals surface area contributed by atoms with Gasteiger partial charge < -0.3 is 4.57 Å². The van der Waals surface area contributed by atoms with Crippen LogP contribution in [0.25, 0.3) is 21.9 Å². The molecular formula is C26H22FN3O. The Bertz CT molecular complexity index is 1450. The second-order valence-corrected chi connectivity index (χ2v) is 7.97. The monoisotopic (exact) mass is 411 g/mol. The normalized spacial score (nSPS) is 12.5. The molecule has 0 spiro atoms. The lowest BCUT2D eigenvalue weighted by molar-refractivity contribution is 0.606. The Morgan fingerprint density at radius 2 is 1.74 bits per heavy atom. The van der Waals surface area contributed by atoms with Crippen molar-refractivity contribution >= 4 is 21.9 Å². The summed E-state index contributed by atoms with van der Waals surface area (Å²) in [6.45, 7) is 4.49. The second-order valence-electron chi connectivity index (χ2n) is 7.97. The smallest absolute Gasteiger partial charge is 0.278 e. The molecule has 0 amide bonds. The standard InChI is InChI=1S/C26H22FN3O/c1-17-8-13-23-22(14-17)24-25(29(23)15-19-9-11-21(27)12-10-19)26(31)30(16-28-24)18(2)20-6-4-3-5-7-20/h3-14,16,18H,15H2,1-2H3. The van der Waals surface area contributed by atoms with Gasteiger partial charge in [-0.05, 0) is 49.2 Å². The van der Waals surface area contributed by atoms with Crippen molar-refractivity contribution in [1.82, 2.24) is 14.1 Å². The molecule has 0 N–H and O–H groups in total. The highest BCUT2D eigenvalue weighted by Crippen LogP contribution is 2.28. The Hall–Kier alpha value is -3.73. The minimum Gasteiger partial charge on any atom is -0.330 e. The number of hydrogen-bond donors (Lipinski definition) is 0. The molecule has 1 atom stereocenters. The van der Waals surface area contributed by atoms with E-state index in [0.29, 0.717) is 17.6 Å². The molecule has 31 heavy (non-hydrogen) atoms. The molecule has 0 aliphatic rings. The van der Waals surface area contributed by atoms with E-state index in [1.54, 1.807) is 23.0 Å². The van der Waals surface area contributed by atoms with Crippen molar-refractivity contribution in [3.05, 3.63) is 112 Å². The van der Waals surface area contributed by atoms with Crippen LogP contribution in [-0.4, -0.2) is 14.1 Å². The SMILES string of the molecule is Cc1ccc2c(c1)c1ncn(C(C)c3ccccc3)c(=O)c1n2Cc1ccc(F)cc1. The van der Waals surface area contributed by atoms with E-state index in [9.17, 15) is 9.18 Å². The third-order valence-electron chi connectivity index (χ3n) is 5.89. The molecule has 5 heteroatoms. The molecule has 0 aliphatic heterocycles. The van der Waals surface area contributed by atoms with Crippen molar-refractivity contribution < 1.29 is 4.39 Å². The maximum Gasteiger partial charge on any atom is 0.278 e. The summed E-state index contributed by atoms with van der Waals surface area (Å²) < 4.78 is 17.1. The molecule has 5 aromatic rings. The van der Waals surface area contributed by atoms with Crippen LogP contribution in [-0.2, 0) is 6.54 Å². The van der Waals surface area contributed by atoms with Crippen LogP contribution >= 0.6 is 0 Å². The average molecular weight is 411 g/mol. The first kappa shape index (κ1) is 19.2. The van der Waals surface area contributed by atoms with Crippen molar-refractivity contribution in [3.8, 4) is 0 Å². The Labute approximate surface area is 179 Å². The van der Waals surface area contributed by atoms with Gasteiger partial charge >= 0.3 is 0 Å². The van der Waals surface area contributed by atoms with Crippen LogP contribution in [0.2, 0.25) is 0 Å². The summed E-state index contributed by atoms with van der Waals surface area (Å²) in [4.78, 5) is 18.4. The number of benzene rings is 3. The molecule has 0 saturated heterocycles. The second kappa shape index (κ2) is 7.51. The Kier molecular flexibility index (Phi) is 4.66. The molecule has 0 saturated carbocycles.